The van der Waals surface area contributed by atoms with E-state index in [1.807, 2.05) is 6.07 Å². The number of carboxylic acids is 1. The second-order valence-electron chi connectivity index (χ2n) is 10.3. The lowest BCUT2D eigenvalue weighted by molar-refractivity contribution is -0.139. The fraction of sp³-hybridized carbons (Fsp3) is 0.500. The average Bonchev–Trinajstić information content (AvgIpc) is 3.20. The molecule has 2 fully saturated rings. The first kappa shape index (κ1) is 22.8. The van der Waals surface area contributed by atoms with E-state index in [0.29, 0.717) is 23.6 Å². The van der Waals surface area contributed by atoms with Crippen molar-refractivity contribution in [3.05, 3.63) is 57.6 Å². The smallest absolute Gasteiger partial charge is 0.321 e. The van der Waals surface area contributed by atoms with E-state index in [9.17, 15) is 15.0 Å². The number of nitrogens with zero attached hydrogens (tertiary/aromatic N) is 1. The number of pyridine rings is 1. The van der Waals surface area contributed by atoms with Gasteiger partial charge in [0.25, 0.3) is 0 Å². The molecule has 1 aromatic heterocycles. The largest absolute Gasteiger partial charge is 0.480 e. The lowest BCUT2D eigenvalue weighted by atomic mass is 9.53. The number of aliphatic carboxylic acids is 1. The molecule has 1 saturated carbocycles. The van der Waals surface area contributed by atoms with Gasteiger partial charge >= 0.3 is 5.97 Å². The number of anilines is 1. The van der Waals surface area contributed by atoms with Crippen LogP contribution in [0, 0.1) is 11.2 Å². The molecule has 1 unspecified atom stereocenters. The van der Waals surface area contributed by atoms with E-state index in [4.69, 9.17) is 23.2 Å². The lowest BCUT2D eigenvalue weighted by Gasteiger charge is -2.52. The highest BCUT2D eigenvalue weighted by atomic mass is 35.5. The number of halogens is 3. The number of aromatic nitrogens is 1. The van der Waals surface area contributed by atoms with Crippen LogP contribution in [0.1, 0.15) is 56.6 Å². The minimum atomic E-state index is -1.17. The van der Waals surface area contributed by atoms with Crippen molar-refractivity contribution < 1.29 is 19.4 Å². The van der Waals surface area contributed by atoms with Gasteiger partial charge in [-0.3, -0.25) is 10.1 Å². The van der Waals surface area contributed by atoms with Gasteiger partial charge in [0, 0.05) is 28.4 Å². The van der Waals surface area contributed by atoms with E-state index in [1.54, 1.807) is 12.1 Å². The summed E-state index contributed by atoms with van der Waals surface area (Å²) in [4.78, 5) is 16.4. The summed E-state index contributed by atoms with van der Waals surface area (Å²) in [5, 5.41) is 28.6. The second kappa shape index (κ2) is 7.54. The number of hydrogen-bond donors (Lipinski definition) is 4. The summed E-state index contributed by atoms with van der Waals surface area (Å²) in [6.07, 6.45) is 3.12. The minimum absolute atomic E-state index is 0.0793. The van der Waals surface area contributed by atoms with E-state index in [1.165, 1.54) is 12.3 Å². The van der Waals surface area contributed by atoms with Gasteiger partial charge in [-0.1, -0.05) is 43.1 Å². The molecule has 2 spiro atoms. The molecule has 5 rings (SSSR count). The van der Waals surface area contributed by atoms with Gasteiger partial charge in [0.15, 0.2) is 11.0 Å². The second-order valence-corrected chi connectivity index (χ2v) is 11.1. The van der Waals surface area contributed by atoms with Gasteiger partial charge in [0.2, 0.25) is 0 Å². The Morgan fingerprint density at radius 3 is 2.55 bits per heavy atom. The molecule has 1 aromatic carbocycles. The normalized spacial score (nSPS) is 31.5. The molecule has 176 valence electrons. The molecule has 1 saturated heterocycles. The Kier molecular flexibility index (Phi) is 5.22. The first-order valence-electron chi connectivity index (χ1n) is 11.1. The SMILES string of the molecule is CC1(C)CCC2(CC1)N[C@@H](C(=O)O)[C@H](c1ccnc(Cl)c1F)[C@@]21c2ccc(Cl)cc2NC1O. The molecule has 9 heteroatoms. The molecule has 4 atom stereocenters. The third kappa shape index (κ3) is 3.13. The zero-order chi connectivity index (χ0) is 23.8. The van der Waals surface area contributed by atoms with E-state index in [0.717, 1.165) is 18.4 Å². The standard InChI is InChI=1S/C24H26Cl2FN3O3/c1-22(2)6-8-23(9-7-22)24(14-4-3-12(25)11-15(14)29-21(24)33)16(18(30-23)20(31)32)13-5-10-28-19(26)17(13)27/h3-5,10-11,16,18,21,29-30,33H,6-9H2,1-2H3,(H,31,32)/t16-,18+,21?,24+/m0/s1. The monoisotopic (exact) mass is 493 g/mol. The maximum atomic E-state index is 15.4. The van der Waals surface area contributed by atoms with Gasteiger partial charge in [0.1, 0.15) is 12.3 Å². The number of aliphatic hydroxyl groups is 1. The van der Waals surface area contributed by atoms with Crippen molar-refractivity contribution in [1.29, 1.82) is 0 Å². The quantitative estimate of drug-likeness (QED) is 0.453. The van der Waals surface area contributed by atoms with Crippen molar-refractivity contribution in [2.75, 3.05) is 5.32 Å². The van der Waals surface area contributed by atoms with Gasteiger partial charge in [-0.2, -0.15) is 0 Å². The molecule has 2 aliphatic heterocycles. The highest BCUT2D eigenvalue weighted by molar-refractivity contribution is 6.31. The average molecular weight is 494 g/mol. The van der Waals surface area contributed by atoms with E-state index in [2.05, 4.69) is 29.5 Å². The summed E-state index contributed by atoms with van der Waals surface area (Å²) < 4.78 is 15.4. The highest BCUT2D eigenvalue weighted by Crippen LogP contribution is 2.65. The molecule has 0 bridgehead atoms. The Morgan fingerprint density at radius 1 is 1.18 bits per heavy atom. The van der Waals surface area contributed by atoms with Gasteiger partial charge in [0.05, 0.1) is 5.41 Å². The third-order valence-electron chi connectivity index (χ3n) is 8.13. The van der Waals surface area contributed by atoms with Gasteiger partial charge in [-0.15, -0.1) is 0 Å². The van der Waals surface area contributed by atoms with Crippen molar-refractivity contribution in [3.63, 3.8) is 0 Å². The Balaban J connectivity index is 1.82. The van der Waals surface area contributed by atoms with Crippen LogP contribution in [-0.2, 0) is 10.2 Å². The Morgan fingerprint density at radius 2 is 1.88 bits per heavy atom. The van der Waals surface area contributed by atoms with Crippen LogP contribution in [0.2, 0.25) is 10.2 Å². The molecule has 6 nitrogen and oxygen atoms in total. The molecule has 33 heavy (non-hydrogen) atoms. The zero-order valence-electron chi connectivity index (χ0n) is 18.3. The predicted molar refractivity (Wildman–Crippen MR) is 124 cm³/mol. The van der Waals surface area contributed by atoms with Crippen LogP contribution < -0.4 is 10.6 Å². The predicted octanol–water partition coefficient (Wildman–Crippen LogP) is 4.69. The van der Waals surface area contributed by atoms with Crippen molar-refractivity contribution in [2.24, 2.45) is 5.41 Å². The van der Waals surface area contributed by atoms with Crippen LogP contribution in [0.4, 0.5) is 10.1 Å². The summed E-state index contributed by atoms with van der Waals surface area (Å²) in [7, 11) is 0. The zero-order valence-corrected chi connectivity index (χ0v) is 19.8. The fourth-order valence-electron chi connectivity index (χ4n) is 6.54. The van der Waals surface area contributed by atoms with Crippen LogP contribution in [0.15, 0.2) is 30.5 Å². The third-order valence-corrected chi connectivity index (χ3v) is 8.63. The summed E-state index contributed by atoms with van der Waals surface area (Å²) in [6.45, 7) is 4.37. The fourth-order valence-corrected chi connectivity index (χ4v) is 6.87. The van der Waals surface area contributed by atoms with Crippen molar-refractivity contribution in [1.82, 2.24) is 10.3 Å². The number of carbonyl (C=O) groups is 1. The number of nitrogens with one attached hydrogen (secondary N) is 2. The van der Waals surface area contributed by atoms with Crippen LogP contribution in [0.3, 0.4) is 0 Å². The first-order chi connectivity index (χ1) is 15.5. The molecule has 0 amide bonds. The van der Waals surface area contributed by atoms with E-state index in [-0.39, 0.29) is 16.1 Å². The Bertz CT molecular complexity index is 1130. The van der Waals surface area contributed by atoms with E-state index >= 15 is 4.39 Å². The summed E-state index contributed by atoms with van der Waals surface area (Å²) in [6, 6.07) is 5.59. The minimum Gasteiger partial charge on any atom is -0.480 e. The molecule has 4 N–H and O–H groups in total. The topological polar surface area (TPSA) is 94.5 Å². The summed E-state index contributed by atoms with van der Waals surface area (Å²) >= 11 is 12.3. The molecule has 2 aromatic rings. The van der Waals surface area contributed by atoms with Crippen LogP contribution >= 0.6 is 23.2 Å². The number of fused-ring (bicyclic) bond motifs is 3. The van der Waals surface area contributed by atoms with Crippen molar-refractivity contribution in [2.45, 2.75) is 68.7 Å². The van der Waals surface area contributed by atoms with Crippen molar-refractivity contribution in [3.8, 4) is 0 Å². The molecule has 0 radical (unpaired) electrons. The van der Waals surface area contributed by atoms with Gasteiger partial charge in [-0.25, -0.2) is 9.37 Å². The molecule has 1 aliphatic carbocycles. The maximum Gasteiger partial charge on any atom is 0.321 e. The van der Waals surface area contributed by atoms with Gasteiger partial charge < -0.3 is 15.5 Å². The van der Waals surface area contributed by atoms with Gasteiger partial charge in [-0.05, 0) is 60.4 Å². The van der Waals surface area contributed by atoms with E-state index < -0.39 is 40.9 Å². The number of rotatable bonds is 2. The van der Waals surface area contributed by atoms with Crippen LogP contribution in [0.5, 0.6) is 0 Å². The number of aliphatic hydroxyl groups excluding tert-OH is 1. The highest BCUT2D eigenvalue weighted by Gasteiger charge is 2.72. The summed E-state index contributed by atoms with van der Waals surface area (Å²) in [5.74, 6) is -2.82. The molecule has 3 aliphatic rings. The summed E-state index contributed by atoms with van der Waals surface area (Å²) in [5.41, 5.74) is -0.400. The van der Waals surface area contributed by atoms with Crippen molar-refractivity contribution >= 4 is 34.9 Å². The lowest BCUT2D eigenvalue weighted by Crippen LogP contribution is -2.62. The maximum absolute atomic E-state index is 15.4. The Hall–Kier alpha value is -1.93. The number of carboxylic acid groups (broad SMARTS) is 1. The number of hydrogen-bond acceptors (Lipinski definition) is 5. The molecular weight excluding hydrogens is 468 g/mol. The van der Waals surface area contributed by atoms with Crippen LogP contribution in [0.25, 0.3) is 0 Å². The Labute approximate surface area is 201 Å². The van der Waals surface area contributed by atoms with Crippen LogP contribution in [-0.4, -0.2) is 39.0 Å². The number of benzene rings is 1. The molecular formula is C24H26Cl2FN3O3. The molecule has 3 heterocycles. The first-order valence-corrected chi connectivity index (χ1v) is 11.8.